The third-order valence-electron chi connectivity index (χ3n) is 3.17. The number of hydrogen-bond donors (Lipinski definition) is 3. The average Bonchev–Trinajstić information content (AvgIpc) is 2.38. The first-order valence-corrected chi connectivity index (χ1v) is 7.92. The molecule has 0 bridgehead atoms. The third-order valence-corrected chi connectivity index (χ3v) is 4.05. The van der Waals surface area contributed by atoms with Crippen LogP contribution < -0.4 is 10.6 Å². The Morgan fingerprint density at radius 3 is 2.57 bits per heavy atom. The minimum atomic E-state index is -0.867. The molecular weight excluding hydrogens is 288 g/mol. The van der Waals surface area contributed by atoms with E-state index in [2.05, 4.69) is 10.6 Å². The number of benzene rings is 1. The molecule has 0 heterocycles. The highest BCUT2D eigenvalue weighted by Gasteiger charge is 2.21. The largest absolute Gasteiger partial charge is 0.481 e. The van der Waals surface area contributed by atoms with Gasteiger partial charge in [-0.15, -0.1) is 11.8 Å². The molecule has 0 aliphatic rings. The molecule has 0 saturated heterocycles. The molecule has 3 N–H and O–H groups in total. The Bertz CT molecular complexity index is 530. The molecular formula is C15H22N2O3S. The van der Waals surface area contributed by atoms with E-state index < -0.39 is 11.5 Å². The van der Waals surface area contributed by atoms with Gasteiger partial charge in [-0.3, -0.25) is 4.79 Å². The number of carboxylic acid groups (broad SMARTS) is 1. The predicted octanol–water partition coefficient (Wildman–Crippen LogP) is 3.48. The van der Waals surface area contributed by atoms with Crippen LogP contribution in [0.2, 0.25) is 0 Å². The first-order chi connectivity index (χ1) is 9.75. The fourth-order valence-electron chi connectivity index (χ4n) is 1.91. The normalized spacial score (nSPS) is 11.0. The van der Waals surface area contributed by atoms with Crippen molar-refractivity contribution in [3.8, 4) is 0 Å². The predicted molar refractivity (Wildman–Crippen MR) is 86.1 cm³/mol. The maximum Gasteiger partial charge on any atom is 0.319 e. The van der Waals surface area contributed by atoms with Crippen molar-refractivity contribution in [2.24, 2.45) is 0 Å². The standard InChI is InChI=1S/C15H22N2O3S/c1-10-11(6-5-7-12(10)21-4)16-14(20)17-15(2,3)9-8-13(18)19/h5-7H,8-9H2,1-4H3,(H,18,19)(H2,16,17,20). The van der Waals surface area contributed by atoms with Crippen LogP contribution in [-0.2, 0) is 4.79 Å². The van der Waals surface area contributed by atoms with Gasteiger partial charge in [-0.2, -0.15) is 0 Å². The lowest BCUT2D eigenvalue weighted by atomic mass is 9.99. The Balaban J connectivity index is 2.67. The number of carbonyl (C=O) groups excluding carboxylic acids is 1. The number of anilines is 1. The van der Waals surface area contributed by atoms with Crippen LogP contribution in [0.4, 0.5) is 10.5 Å². The molecule has 1 aromatic rings. The molecule has 5 nitrogen and oxygen atoms in total. The Labute approximate surface area is 129 Å². The minimum Gasteiger partial charge on any atom is -0.481 e. The smallest absolute Gasteiger partial charge is 0.319 e. The number of nitrogens with one attached hydrogen (secondary N) is 2. The summed E-state index contributed by atoms with van der Waals surface area (Å²) in [6.45, 7) is 5.57. The summed E-state index contributed by atoms with van der Waals surface area (Å²) in [4.78, 5) is 23.8. The van der Waals surface area contributed by atoms with Crippen molar-refractivity contribution in [1.29, 1.82) is 0 Å². The first-order valence-electron chi connectivity index (χ1n) is 6.70. The van der Waals surface area contributed by atoms with Crippen LogP contribution in [0.5, 0.6) is 0 Å². The fraction of sp³-hybridized carbons (Fsp3) is 0.467. The van der Waals surface area contributed by atoms with E-state index in [1.54, 1.807) is 25.6 Å². The van der Waals surface area contributed by atoms with Gasteiger partial charge >= 0.3 is 12.0 Å². The summed E-state index contributed by atoms with van der Waals surface area (Å²) in [6, 6.07) is 5.41. The second-order valence-corrected chi connectivity index (χ2v) is 6.34. The van der Waals surface area contributed by atoms with Crippen molar-refractivity contribution in [2.75, 3.05) is 11.6 Å². The molecule has 1 rings (SSSR count). The number of aliphatic carboxylic acids is 1. The van der Waals surface area contributed by atoms with Gasteiger partial charge < -0.3 is 15.7 Å². The lowest BCUT2D eigenvalue weighted by Gasteiger charge is -2.26. The van der Waals surface area contributed by atoms with Crippen molar-refractivity contribution in [3.05, 3.63) is 23.8 Å². The monoisotopic (exact) mass is 310 g/mol. The molecule has 0 aliphatic carbocycles. The number of amides is 2. The van der Waals surface area contributed by atoms with E-state index >= 15 is 0 Å². The molecule has 0 spiro atoms. The van der Waals surface area contributed by atoms with Crippen LogP contribution >= 0.6 is 11.8 Å². The van der Waals surface area contributed by atoms with Crippen molar-refractivity contribution < 1.29 is 14.7 Å². The van der Waals surface area contributed by atoms with Crippen LogP contribution in [0.25, 0.3) is 0 Å². The van der Waals surface area contributed by atoms with E-state index in [0.29, 0.717) is 6.42 Å². The zero-order valence-electron chi connectivity index (χ0n) is 12.8. The number of urea groups is 1. The van der Waals surface area contributed by atoms with Crippen molar-refractivity contribution in [2.45, 2.75) is 44.0 Å². The number of hydrogen-bond acceptors (Lipinski definition) is 3. The third kappa shape index (κ3) is 5.67. The quantitative estimate of drug-likeness (QED) is 0.703. The summed E-state index contributed by atoms with van der Waals surface area (Å²) in [5.74, 6) is -0.867. The second-order valence-electron chi connectivity index (χ2n) is 5.49. The van der Waals surface area contributed by atoms with Crippen LogP contribution in [-0.4, -0.2) is 28.9 Å². The Morgan fingerprint density at radius 1 is 1.33 bits per heavy atom. The Kier molecular flexibility index (Phi) is 6.08. The number of rotatable bonds is 6. The van der Waals surface area contributed by atoms with Crippen LogP contribution in [0, 0.1) is 6.92 Å². The second kappa shape index (κ2) is 7.36. The fourth-order valence-corrected chi connectivity index (χ4v) is 2.54. The van der Waals surface area contributed by atoms with Crippen molar-refractivity contribution in [1.82, 2.24) is 5.32 Å². The summed E-state index contributed by atoms with van der Waals surface area (Å²) >= 11 is 1.62. The molecule has 0 aromatic heterocycles. The van der Waals surface area contributed by atoms with E-state index in [1.165, 1.54) is 0 Å². The summed E-state index contributed by atoms with van der Waals surface area (Å²) in [5, 5.41) is 14.3. The zero-order chi connectivity index (χ0) is 16.0. The van der Waals surface area contributed by atoms with E-state index in [0.717, 1.165) is 16.1 Å². The molecule has 0 saturated carbocycles. The molecule has 6 heteroatoms. The summed E-state index contributed by atoms with van der Waals surface area (Å²) in [6.07, 6.45) is 2.38. The van der Waals surface area contributed by atoms with E-state index in [4.69, 9.17) is 5.11 Å². The summed E-state index contributed by atoms with van der Waals surface area (Å²) in [7, 11) is 0. The molecule has 0 fully saturated rings. The van der Waals surface area contributed by atoms with Gasteiger partial charge in [-0.05, 0) is 51.1 Å². The van der Waals surface area contributed by atoms with Crippen LogP contribution in [0.15, 0.2) is 23.1 Å². The van der Waals surface area contributed by atoms with E-state index in [9.17, 15) is 9.59 Å². The highest BCUT2D eigenvalue weighted by molar-refractivity contribution is 7.98. The molecule has 0 radical (unpaired) electrons. The zero-order valence-corrected chi connectivity index (χ0v) is 13.6. The Morgan fingerprint density at radius 2 is 2.00 bits per heavy atom. The summed E-state index contributed by atoms with van der Waals surface area (Å²) in [5.41, 5.74) is 1.20. The van der Waals surface area contributed by atoms with E-state index in [1.807, 2.05) is 31.4 Å². The van der Waals surface area contributed by atoms with Gasteiger partial charge in [-0.25, -0.2) is 4.79 Å². The average molecular weight is 310 g/mol. The Hall–Kier alpha value is -1.69. The lowest BCUT2D eigenvalue weighted by Crippen LogP contribution is -2.45. The highest BCUT2D eigenvalue weighted by atomic mass is 32.2. The SMILES string of the molecule is CSc1cccc(NC(=O)NC(C)(C)CCC(=O)O)c1C. The van der Waals surface area contributed by atoms with Crippen LogP contribution in [0.1, 0.15) is 32.3 Å². The number of carbonyl (C=O) groups is 2. The maximum atomic E-state index is 12.0. The van der Waals surface area contributed by atoms with Gasteiger partial charge in [0.2, 0.25) is 0 Å². The van der Waals surface area contributed by atoms with E-state index in [-0.39, 0.29) is 12.5 Å². The maximum absolute atomic E-state index is 12.0. The molecule has 116 valence electrons. The number of thioether (sulfide) groups is 1. The van der Waals surface area contributed by atoms with Gasteiger partial charge in [-0.1, -0.05) is 6.07 Å². The molecule has 21 heavy (non-hydrogen) atoms. The van der Waals surface area contributed by atoms with Crippen molar-refractivity contribution in [3.63, 3.8) is 0 Å². The van der Waals surface area contributed by atoms with Gasteiger partial charge in [0.1, 0.15) is 0 Å². The van der Waals surface area contributed by atoms with Gasteiger partial charge in [0.15, 0.2) is 0 Å². The van der Waals surface area contributed by atoms with Crippen molar-refractivity contribution >= 4 is 29.4 Å². The minimum absolute atomic E-state index is 0.0221. The lowest BCUT2D eigenvalue weighted by molar-refractivity contribution is -0.137. The van der Waals surface area contributed by atoms with Gasteiger partial charge in [0.05, 0.1) is 0 Å². The van der Waals surface area contributed by atoms with Crippen LogP contribution in [0.3, 0.4) is 0 Å². The molecule has 0 unspecified atom stereocenters. The topological polar surface area (TPSA) is 78.4 Å². The first kappa shape index (κ1) is 17.4. The number of carboxylic acids is 1. The van der Waals surface area contributed by atoms with Gasteiger partial charge in [0.25, 0.3) is 0 Å². The highest BCUT2D eigenvalue weighted by Crippen LogP contribution is 2.26. The molecule has 1 aromatic carbocycles. The molecule has 0 aliphatic heterocycles. The molecule has 0 atom stereocenters. The van der Waals surface area contributed by atoms with Gasteiger partial charge in [0, 0.05) is 22.5 Å². The molecule has 2 amide bonds. The summed E-state index contributed by atoms with van der Waals surface area (Å²) < 4.78 is 0.